The fourth-order valence-electron chi connectivity index (χ4n) is 3.54. The summed E-state index contributed by atoms with van der Waals surface area (Å²) >= 11 is 0. The zero-order valence-electron chi connectivity index (χ0n) is 14.5. The first-order chi connectivity index (χ1) is 11.4. The van der Waals surface area contributed by atoms with Crippen LogP contribution in [-0.2, 0) is 14.3 Å². The number of benzene rings is 1. The van der Waals surface area contributed by atoms with Gasteiger partial charge in [-0.1, -0.05) is 24.6 Å². The Labute approximate surface area is 142 Å². The first-order valence-electron chi connectivity index (χ1n) is 8.50. The lowest BCUT2D eigenvalue weighted by Gasteiger charge is -2.38. The van der Waals surface area contributed by atoms with Crippen molar-refractivity contribution in [2.75, 3.05) is 25.0 Å². The largest absolute Gasteiger partial charge is 0.450 e. The van der Waals surface area contributed by atoms with Crippen LogP contribution in [0, 0.1) is 6.92 Å². The van der Waals surface area contributed by atoms with Crippen molar-refractivity contribution in [3.8, 4) is 0 Å². The number of likely N-dealkylation sites (tertiary alicyclic amines) is 1. The molecule has 0 aliphatic carbocycles. The van der Waals surface area contributed by atoms with Crippen LogP contribution in [-0.4, -0.2) is 42.0 Å². The first kappa shape index (κ1) is 16.7. The average Bonchev–Trinajstić information content (AvgIpc) is 2.81. The van der Waals surface area contributed by atoms with E-state index >= 15 is 0 Å². The highest BCUT2D eigenvalue weighted by Gasteiger charge is 2.50. The second-order valence-corrected chi connectivity index (χ2v) is 6.64. The number of aryl methyl sites for hydroxylation is 1. The Morgan fingerprint density at radius 1 is 1.21 bits per heavy atom. The number of carbonyl (C=O) groups is 2. The summed E-state index contributed by atoms with van der Waals surface area (Å²) in [5.74, 6) is -0.596. The molecule has 1 fully saturated rings. The molecule has 2 heterocycles. The molecule has 0 saturated carbocycles. The molecule has 3 rings (SSSR count). The van der Waals surface area contributed by atoms with Crippen LogP contribution in [0.5, 0.6) is 0 Å². The van der Waals surface area contributed by atoms with Crippen LogP contribution in [0.25, 0.3) is 0 Å². The number of nitrogens with one attached hydrogen (secondary N) is 1. The number of carbonyl (C=O) groups excluding carboxylic acids is 2. The topological polar surface area (TPSA) is 58.6 Å². The smallest absolute Gasteiger partial charge is 0.335 e. The van der Waals surface area contributed by atoms with E-state index in [9.17, 15) is 9.59 Å². The normalized spacial score (nSPS) is 20.4. The number of ether oxygens (including phenoxy) is 1. The van der Waals surface area contributed by atoms with Crippen molar-refractivity contribution in [2.45, 2.75) is 39.2 Å². The summed E-state index contributed by atoms with van der Waals surface area (Å²) in [5.41, 5.74) is 2.03. The summed E-state index contributed by atoms with van der Waals surface area (Å²) in [6.07, 6.45) is 1.33. The molecule has 128 valence electrons. The maximum Gasteiger partial charge on any atom is 0.335 e. The molecule has 0 unspecified atom stereocenters. The average molecular weight is 328 g/mol. The van der Waals surface area contributed by atoms with E-state index in [1.807, 2.05) is 31.2 Å². The van der Waals surface area contributed by atoms with E-state index in [4.69, 9.17) is 4.74 Å². The summed E-state index contributed by atoms with van der Waals surface area (Å²) in [7, 11) is 0. The number of rotatable bonds is 3. The summed E-state index contributed by atoms with van der Waals surface area (Å²) in [4.78, 5) is 27.3. The SMILES string of the molecule is CCN1CCC2(CC1)OC(=O)C(C)=C2C(=O)Nc1ccc(C)cc1. The van der Waals surface area contributed by atoms with Gasteiger partial charge in [0.15, 0.2) is 0 Å². The molecule has 1 spiro atoms. The van der Waals surface area contributed by atoms with Gasteiger partial charge in [-0.2, -0.15) is 0 Å². The third kappa shape index (κ3) is 2.96. The van der Waals surface area contributed by atoms with Gasteiger partial charge >= 0.3 is 5.97 Å². The second-order valence-electron chi connectivity index (χ2n) is 6.64. The van der Waals surface area contributed by atoms with E-state index in [0.29, 0.717) is 24.0 Å². The van der Waals surface area contributed by atoms with Crippen molar-refractivity contribution in [2.24, 2.45) is 0 Å². The molecule has 0 atom stereocenters. The molecule has 2 aliphatic rings. The number of anilines is 1. The maximum absolute atomic E-state index is 12.9. The number of esters is 1. The van der Waals surface area contributed by atoms with Gasteiger partial charge in [0.2, 0.25) is 0 Å². The molecule has 24 heavy (non-hydrogen) atoms. The molecule has 1 aromatic rings. The Morgan fingerprint density at radius 3 is 2.42 bits per heavy atom. The number of hydrogen-bond donors (Lipinski definition) is 1. The lowest BCUT2D eigenvalue weighted by molar-refractivity contribution is -0.150. The lowest BCUT2D eigenvalue weighted by Crippen LogP contribution is -2.47. The Bertz CT molecular complexity index is 683. The van der Waals surface area contributed by atoms with Crippen LogP contribution >= 0.6 is 0 Å². The van der Waals surface area contributed by atoms with Crippen molar-refractivity contribution >= 4 is 17.6 Å². The quantitative estimate of drug-likeness (QED) is 0.867. The van der Waals surface area contributed by atoms with Crippen LogP contribution in [0.15, 0.2) is 35.4 Å². The van der Waals surface area contributed by atoms with Crippen LogP contribution in [0.4, 0.5) is 5.69 Å². The summed E-state index contributed by atoms with van der Waals surface area (Å²) in [6.45, 7) is 8.44. The van der Waals surface area contributed by atoms with Gasteiger partial charge in [-0.25, -0.2) is 4.79 Å². The molecular formula is C19H24N2O3. The van der Waals surface area contributed by atoms with Gasteiger partial charge in [-0.3, -0.25) is 4.79 Å². The van der Waals surface area contributed by atoms with Crippen LogP contribution < -0.4 is 5.32 Å². The van der Waals surface area contributed by atoms with Gasteiger partial charge in [-0.05, 0) is 32.5 Å². The lowest BCUT2D eigenvalue weighted by atomic mass is 9.82. The van der Waals surface area contributed by atoms with Gasteiger partial charge in [0, 0.05) is 37.2 Å². The van der Waals surface area contributed by atoms with Gasteiger partial charge in [0.1, 0.15) is 5.60 Å². The van der Waals surface area contributed by atoms with Crippen molar-refractivity contribution in [3.63, 3.8) is 0 Å². The van der Waals surface area contributed by atoms with E-state index in [-0.39, 0.29) is 11.9 Å². The Balaban J connectivity index is 1.84. The Morgan fingerprint density at radius 2 is 1.83 bits per heavy atom. The molecule has 5 heteroatoms. The van der Waals surface area contributed by atoms with Crippen molar-refractivity contribution in [1.29, 1.82) is 0 Å². The fourth-order valence-corrected chi connectivity index (χ4v) is 3.54. The molecule has 1 aromatic carbocycles. The van der Waals surface area contributed by atoms with Gasteiger partial charge < -0.3 is 15.0 Å². The van der Waals surface area contributed by atoms with E-state index < -0.39 is 5.60 Å². The molecule has 1 saturated heterocycles. The molecule has 0 bridgehead atoms. The molecule has 5 nitrogen and oxygen atoms in total. The summed E-state index contributed by atoms with van der Waals surface area (Å²) < 4.78 is 5.68. The van der Waals surface area contributed by atoms with E-state index in [1.165, 1.54) is 0 Å². The molecule has 2 aliphatic heterocycles. The first-order valence-corrected chi connectivity index (χ1v) is 8.50. The predicted molar refractivity (Wildman–Crippen MR) is 92.7 cm³/mol. The predicted octanol–water partition coefficient (Wildman–Crippen LogP) is 2.66. The van der Waals surface area contributed by atoms with E-state index in [0.717, 1.165) is 30.9 Å². The number of hydrogen-bond acceptors (Lipinski definition) is 4. The highest BCUT2D eigenvalue weighted by Crippen LogP contribution is 2.41. The number of amides is 1. The molecule has 1 amide bonds. The Hall–Kier alpha value is -2.14. The van der Waals surface area contributed by atoms with Gasteiger partial charge in [0.25, 0.3) is 5.91 Å². The summed E-state index contributed by atoms with van der Waals surface area (Å²) in [6, 6.07) is 7.63. The molecule has 0 aromatic heterocycles. The van der Waals surface area contributed by atoms with Crippen molar-refractivity contribution in [3.05, 3.63) is 41.0 Å². The second kappa shape index (κ2) is 6.40. The Kier molecular flexibility index (Phi) is 4.45. The molecule has 1 N–H and O–H groups in total. The van der Waals surface area contributed by atoms with Gasteiger partial charge in [-0.15, -0.1) is 0 Å². The highest BCUT2D eigenvalue weighted by molar-refractivity contribution is 6.12. The highest BCUT2D eigenvalue weighted by atomic mass is 16.6. The minimum Gasteiger partial charge on any atom is -0.450 e. The number of piperidine rings is 1. The van der Waals surface area contributed by atoms with Crippen LogP contribution in [0.1, 0.15) is 32.3 Å². The minimum atomic E-state index is -0.762. The monoisotopic (exact) mass is 328 g/mol. The van der Waals surface area contributed by atoms with E-state index in [2.05, 4.69) is 17.1 Å². The zero-order valence-corrected chi connectivity index (χ0v) is 14.5. The number of nitrogens with zero attached hydrogens (tertiary/aromatic N) is 1. The fraction of sp³-hybridized carbons (Fsp3) is 0.474. The minimum absolute atomic E-state index is 0.229. The summed E-state index contributed by atoms with van der Waals surface area (Å²) in [5, 5.41) is 2.92. The molecule has 0 radical (unpaired) electrons. The maximum atomic E-state index is 12.9. The molecular weight excluding hydrogens is 304 g/mol. The van der Waals surface area contributed by atoms with Crippen LogP contribution in [0.3, 0.4) is 0 Å². The standard InChI is InChI=1S/C19H24N2O3/c1-4-21-11-9-19(10-12-21)16(14(3)18(23)24-19)17(22)20-15-7-5-13(2)6-8-15/h5-8H,4,9-12H2,1-3H3,(H,20,22). The van der Waals surface area contributed by atoms with Crippen LogP contribution in [0.2, 0.25) is 0 Å². The van der Waals surface area contributed by atoms with Crippen molar-refractivity contribution < 1.29 is 14.3 Å². The van der Waals surface area contributed by atoms with Gasteiger partial charge in [0.05, 0.1) is 5.57 Å². The van der Waals surface area contributed by atoms with E-state index in [1.54, 1.807) is 6.92 Å². The third-order valence-electron chi connectivity index (χ3n) is 5.07. The third-order valence-corrected chi connectivity index (χ3v) is 5.07. The van der Waals surface area contributed by atoms with Crippen molar-refractivity contribution in [1.82, 2.24) is 4.90 Å². The zero-order chi connectivity index (χ0) is 17.3.